The van der Waals surface area contributed by atoms with Crippen molar-refractivity contribution >= 4 is 15.7 Å². The third-order valence-electron chi connectivity index (χ3n) is 2.78. The number of sulfonamides is 1. The molecule has 0 aliphatic heterocycles. The van der Waals surface area contributed by atoms with E-state index in [1.165, 1.54) is 0 Å². The zero-order valence-electron chi connectivity index (χ0n) is 9.60. The first-order valence-corrected chi connectivity index (χ1v) is 7.15. The van der Waals surface area contributed by atoms with Crippen molar-refractivity contribution in [2.45, 2.75) is 37.9 Å². The van der Waals surface area contributed by atoms with E-state index in [1.54, 1.807) is 6.07 Å². The van der Waals surface area contributed by atoms with E-state index in [0.717, 1.165) is 18.4 Å². The minimum absolute atomic E-state index is 0.171. The van der Waals surface area contributed by atoms with Crippen molar-refractivity contribution in [2.75, 3.05) is 4.72 Å². The SMILES string of the molecule is CC(C)c1cccc(NS(=O)(=O)C2CC2)c1. The molecule has 4 heteroatoms. The number of nitrogens with one attached hydrogen (secondary N) is 1. The van der Waals surface area contributed by atoms with Crippen LogP contribution in [0.25, 0.3) is 0 Å². The maximum absolute atomic E-state index is 11.7. The molecule has 0 heterocycles. The van der Waals surface area contributed by atoms with Gasteiger partial charge in [-0.05, 0) is 36.5 Å². The molecule has 0 saturated heterocycles. The van der Waals surface area contributed by atoms with Crippen LogP contribution in [0.5, 0.6) is 0 Å². The summed E-state index contributed by atoms with van der Waals surface area (Å²) >= 11 is 0. The molecule has 0 aromatic heterocycles. The van der Waals surface area contributed by atoms with Gasteiger partial charge >= 0.3 is 0 Å². The highest BCUT2D eigenvalue weighted by Crippen LogP contribution is 2.30. The Labute approximate surface area is 96.9 Å². The Hall–Kier alpha value is -1.03. The fourth-order valence-electron chi connectivity index (χ4n) is 1.59. The van der Waals surface area contributed by atoms with Crippen molar-refractivity contribution in [2.24, 2.45) is 0 Å². The molecule has 0 unspecified atom stereocenters. The monoisotopic (exact) mass is 239 g/mol. The summed E-state index contributed by atoms with van der Waals surface area (Å²) in [5, 5.41) is -0.171. The summed E-state index contributed by atoms with van der Waals surface area (Å²) in [4.78, 5) is 0. The molecule has 1 aromatic carbocycles. The third-order valence-corrected chi connectivity index (χ3v) is 4.65. The maximum atomic E-state index is 11.7. The summed E-state index contributed by atoms with van der Waals surface area (Å²) in [7, 11) is -3.13. The Morgan fingerprint density at radius 2 is 2.00 bits per heavy atom. The summed E-state index contributed by atoms with van der Waals surface area (Å²) in [5.74, 6) is 0.408. The van der Waals surface area contributed by atoms with Gasteiger partial charge in [0.25, 0.3) is 0 Å². The van der Waals surface area contributed by atoms with E-state index < -0.39 is 10.0 Å². The molecule has 1 aliphatic rings. The van der Waals surface area contributed by atoms with Crippen LogP contribution in [0.3, 0.4) is 0 Å². The molecule has 88 valence electrons. The molecule has 16 heavy (non-hydrogen) atoms. The van der Waals surface area contributed by atoms with Crippen molar-refractivity contribution in [3.05, 3.63) is 29.8 Å². The van der Waals surface area contributed by atoms with Crippen LogP contribution in [-0.4, -0.2) is 13.7 Å². The molecule has 0 bridgehead atoms. The summed E-state index contributed by atoms with van der Waals surface area (Å²) in [6.45, 7) is 4.18. The van der Waals surface area contributed by atoms with Gasteiger partial charge in [-0.2, -0.15) is 0 Å². The predicted molar refractivity (Wildman–Crippen MR) is 66.1 cm³/mol. The van der Waals surface area contributed by atoms with Crippen molar-refractivity contribution in [3.63, 3.8) is 0 Å². The van der Waals surface area contributed by atoms with Crippen LogP contribution in [0.4, 0.5) is 5.69 Å². The molecule has 0 amide bonds. The fraction of sp³-hybridized carbons (Fsp3) is 0.500. The van der Waals surface area contributed by atoms with Gasteiger partial charge in [-0.3, -0.25) is 4.72 Å². The standard InChI is InChI=1S/C12H17NO2S/c1-9(2)10-4-3-5-11(8-10)13-16(14,15)12-6-7-12/h3-5,8-9,12-13H,6-7H2,1-2H3. The van der Waals surface area contributed by atoms with Crippen LogP contribution in [0.15, 0.2) is 24.3 Å². The lowest BCUT2D eigenvalue weighted by Crippen LogP contribution is -2.17. The minimum Gasteiger partial charge on any atom is -0.283 e. The minimum atomic E-state index is -3.13. The molecule has 1 N–H and O–H groups in total. The molecular formula is C12H17NO2S. The second-order valence-electron chi connectivity index (χ2n) is 4.63. The zero-order valence-corrected chi connectivity index (χ0v) is 10.4. The van der Waals surface area contributed by atoms with Crippen LogP contribution < -0.4 is 4.72 Å². The molecule has 0 spiro atoms. The van der Waals surface area contributed by atoms with E-state index in [-0.39, 0.29) is 5.25 Å². The fourth-order valence-corrected chi connectivity index (χ4v) is 2.97. The number of hydrogen-bond donors (Lipinski definition) is 1. The lowest BCUT2D eigenvalue weighted by atomic mass is 10.0. The van der Waals surface area contributed by atoms with E-state index in [9.17, 15) is 8.42 Å². The molecule has 3 nitrogen and oxygen atoms in total. The van der Waals surface area contributed by atoms with Gasteiger partial charge in [0.2, 0.25) is 10.0 Å². The lowest BCUT2D eigenvalue weighted by molar-refractivity contribution is 0.600. The van der Waals surface area contributed by atoms with E-state index in [2.05, 4.69) is 18.6 Å². The number of rotatable bonds is 4. The molecular weight excluding hydrogens is 222 g/mol. The molecule has 2 rings (SSSR count). The average molecular weight is 239 g/mol. The highest BCUT2D eigenvalue weighted by atomic mass is 32.2. The van der Waals surface area contributed by atoms with Gasteiger partial charge < -0.3 is 0 Å². The van der Waals surface area contributed by atoms with E-state index in [1.807, 2.05) is 18.2 Å². The summed E-state index contributed by atoms with van der Waals surface area (Å²) < 4.78 is 26.1. The molecule has 0 radical (unpaired) electrons. The highest BCUT2D eigenvalue weighted by molar-refractivity contribution is 7.93. The van der Waals surface area contributed by atoms with Gasteiger partial charge in [0.1, 0.15) is 0 Å². The quantitative estimate of drug-likeness (QED) is 0.878. The first kappa shape index (κ1) is 11.5. The Balaban J connectivity index is 2.18. The van der Waals surface area contributed by atoms with Gasteiger partial charge in [-0.25, -0.2) is 8.42 Å². The zero-order chi connectivity index (χ0) is 11.8. The van der Waals surface area contributed by atoms with Gasteiger partial charge in [0, 0.05) is 5.69 Å². The summed E-state index contributed by atoms with van der Waals surface area (Å²) in [6, 6.07) is 7.61. The molecule has 1 fully saturated rings. The second kappa shape index (κ2) is 4.09. The number of hydrogen-bond acceptors (Lipinski definition) is 2. The van der Waals surface area contributed by atoms with Gasteiger partial charge in [0.15, 0.2) is 0 Å². The topological polar surface area (TPSA) is 46.2 Å². The third kappa shape index (κ3) is 2.55. The van der Waals surface area contributed by atoms with E-state index in [4.69, 9.17) is 0 Å². The van der Waals surface area contributed by atoms with Crippen LogP contribution in [-0.2, 0) is 10.0 Å². The summed E-state index contributed by atoms with van der Waals surface area (Å²) in [6.07, 6.45) is 1.58. The average Bonchev–Trinajstić information content (AvgIpc) is 3.00. The van der Waals surface area contributed by atoms with E-state index in [0.29, 0.717) is 11.6 Å². The van der Waals surface area contributed by atoms with Crippen molar-refractivity contribution < 1.29 is 8.42 Å². The normalized spacial score (nSPS) is 16.4. The summed E-state index contributed by atoms with van der Waals surface area (Å²) in [5.41, 5.74) is 1.83. The number of anilines is 1. The largest absolute Gasteiger partial charge is 0.283 e. The Morgan fingerprint density at radius 3 is 2.56 bits per heavy atom. The van der Waals surface area contributed by atoms with Crippen LogP contribution in [0.2, 0.25) is 0 Å². The molecule has 0 atom stereocenters. The Kier molecular flexibility index (Phi) is 2.93. The predicted octanol–water partition coefficient (Wildman–Crippen LogP) is 2.71. The molecule has 1 aliphatic carbocycles. The van der Waals surface area contributed by atoms with Crippen LogP contribution in [0, 0.1) is 0 Å². The van der Waals surface area contributed by atoms with E-state index >= 15 is 0 Å². The first-order chi connectivity index (χ1) is 7.49. The van der Waals surface area contributed by atoms with Gasteiger partial charge in [0.05, 0.1) is 5.25 Å². The Bertz CT molecular complexity index is 476. The van der Waals surface area contributed by atoms with Crippen molar-refractivity contribution in [3.8, 4) is 0 Å². The van der Waals surface area contributed by atoms with Crippen LogP contribution in [0.1, 0.15) is 38.2 Å². The number of benzene rings is 1. The Morgan fingerprint density at radius 1 is 1.31 bits per heavy atom. The van der Waals surface area contributed by atoms with Crippen LogP contribution >= 0.6 is 0 Å². The first-order valence-electron chi connectivity index (χ1n) is 5.60. The molecule has 1 aromatic rings. The lowest BCUT2D eigenvalue weighted by Gasteiger charge is -2.10. The smallest absolute Gasteiger partial charge is 0.235 e. The maximum Gasteiger partial charge on any atom is 0.235 e. The second-order valence-corrected chi connectivity index (χ2v) is 6.59. The van der Waals surface area contributed by atoms with Gasteiger partial charge in [-0.15, -0.1) is 0 Å². The molecule has 1 saturated carbocycles. The van der Waals surface area contributed by atoms with Gasteiger partial charge in [-0.1, -0.05) is 26.0 Å². The highest BCUT2D eigenvalue weighted by Gasteiger charge is 2.35. The van der Waals surface area contributed by atoms with Crippen molar-refractivity contribution in [1.29, 1.82) is 0 Å². The van der Waals surface area contributed by atoms with Crippen molar-refractivity contribution in [1.82, 2.24) is 0 Å².